The maximum absolute atomic E-state index is 6.96. The van der Waals surface area contributed by atoms with Gasteiger partial charge >= 0.3 is 0 Å². The van der Waals surface area contributed by atoms with Crippen molar-refractivity contribution in [1.82, 2.24) is 0 Å². The van der Waals surface area contributed by atoms with Gasteiger partial charge < -0.3 is 18.6 Å². The molecule has 0 unspecified atom stereocenters. The normalized spacial score (nSPS) is 11.8. The zero-order valence-corrected chi connectivity index (χ0v) is 34.7. The van der Waals surface area contributed by atoms with Gasteiger partial charge in [-0.3, -0.25) is 0 Å². The number of hydrogen-bond donors (Lipinski definition) is 0. The fourth-order valence-corrected chi connectivity index (χ4v) is 8.93. The lowest BCUT2D eigenvalue weighted by molar-refractivity contribution is 0.666. The van der Waals surface area contributed by atoms with Gasteiger partial charge in [0.1, 0.15) is 22.3 Å². The molecular formula is C56H44N2O2. The molecule has 2 aromatic heterocycles. The van der Waals surface area contributed by atoms with Gasteiger partial charge in [0.15, 0.2) is 0 Å². The largest absolute Gasteiger partial charge is 0.455 e. The van der Waals surface area contributed by atoms with Crippen molar-refractivity contribution in [3.63, 3.8) is 0 Å². The molecule has 11 rings (SSSR count). The molecule has 4 nitrogen and oxygen atoms in total. The number of rotatable bonds is 6. The summed E-state index contributed by atoms with van der Waals surface area (Å²) in [5.41, 5.74) is 17.7. The molecule has 0 spiro atoms. The quantitative estimate of drug-likeness (QED) is 0.168. The van der Waals surface area contributed by atoms with E-state index in [0.29, 0.717) is 0 Å². The van der Waals surface area contributed by atoms with Crippen LogP contribution in [-0.2, 0) is 0 Å². The van der Waals surface area contributed by atoms with Crippen LogP contribution in [0.5, 0.6) is 0 Å². The molecule has 0 radical (unpaired) electrons. The molecule has 0 saturated carbocycles. The molecule has 9 aromatic carbocycles. The molecule has 0 fully saturated rings. The molecule has 0 atom stereocenters. The van der Waals surface area contributed by atoms with Gasteiger partial charge in [0.05, 0.1) is 5.39 Å². The molecular weight excluding hydrogens is 733 g/mol. The van der Waals surface area contributed by atoms with Crippen LogP contribution in [0.2, 0.25) is 0 Å². The lowest BCUT2D eigenvalue weighted by Gasteiger charge is -2.26. The third kappa shape index (κ3) is 5.74. The van der Waals surface area contributed by atoms with Crippen molar-refractivity contribution in [2.24, 2.45) is 0 Å². The van der Waals surface area contributed by atoms with Crippen LogP contribution in [0, 0.1) is 41.5 Å². The zero-order chi connectivity index (χ0) is 40.8. The average molecular weight is 777 g/mol. The van der Waals surface area contributed by atoms with E-state index in [9.17, 15) is 0 Å². The molecule has 0 aliphatic heterocycles. The molecule has 0 N–H and O–H groups in total. The first-order valence-electron chi connectivity index (χ1n) is 20.7. The second-order valence-corrected chi connectivity index (χ2v) is 16.6. The second-order valence-electron chi connectivity index (χ2n) is 16.6. The Labute approximate surface area is 349 Å². The maximum Gasteiger partial charge on any atom is 0.147 e. The third-order valence-corrected chi connectivity index (χ3v) is 12.6. The van der Waals surface area contributed by atoms with Crippen molar-refractivity contribution in [2.45, 2.75) is 41.5 Å². The third-order valence-electron chi connectivity index (χ3n) is 12.6. The van der Waals surface area contributed by atoms with E-state index in [1.807, 2.05) is 0 Å². The Balaban J connectivity index is 1.04. The van der Waals surface area contributed by atoms with Gasteiger partial charge in [-0.25, -0.2) is 0 Å². The summed E-state index contributed by atoms with van der Waals surface area (Å²) in [6.45, 7) is 12.9. The summed E-state index contributed by atoms with van der Waals surface area (Å²) in [7, 11) is 0. The van der Waals surface area contributed by atoms with Gasteiger partial charge in [-0.1, -0.05) is 59.7 Å². The Bertz CT molecular complexity index is 3500. The summed E-state index contributed by atoms with van der Waals surface area (Å²) >= 11 is 0. The Morgan fingerprint density at radius 1 is 0.300 bits per heavy atom. The van der Waals surface area contributed by atoms with E-state index in [1.165, 1.54) is 33.4 Å². The SMILES string of the molecule is Cc1ccc(N(c2ccc(C)c(C)c2)c2ccc3c(ccc4c5ccc6oc7c8ccc(N(c9ccc(C)cc9)c9ccc(C)c(C)c9)cc8ccc7c6c5oc34)c2)cc1. The highest BCUT2D eigenvalue weighted by molar-refractivity contribution is 6.27. The van der Waals surface area contributed by atoms with Crippen molar-refractivity contribution in [3.05, 3.63) is 191 Å². The number of nitrogens with zero attached hydrogens (tertiary/aromatic N) is 2. The van der Waals surface area contributed by atoms with E-state index in [0.717, 1.165) is 99.5 Å². The first-order valence-corrected chi connectivity index (χ1v) is 20.7. The number of furan rings is 2. The Morgan fingerprint density at radius 3 is 1.22 bits per heavy atom. The van der Waals surface area contributed by atoms with E-state index in [2.05, 4.69) is 209 Å². The minimum absolute atomic E-state index is 0.818. The minimum atomic E-state index is 0.818. The van der Waals surface area contributed by atoms with Crippen LogP contribution in [0.3, 0.4) is 0 Å². The topological polar surface area (TPSA) is 32.8 Å². The minimum Gasteiger partial charge on any atom is -0.455 e. The maximum atomic E-state index is 6.96. The van der Waals surface area contributed by atoms with Crippen LogP contribution in [0.25, 0.3) is 65.4 Å². The predicted molar refractivity (Wildman–Crippen MR) is 254 cm³/mol. The fraction of sp³-hybridized carbons (Fsp3) is 0.107. The lowest BCUT2D eigenvalue weighted by atomic mass is 10.0. The molecule has 0 amide bonds. The molecule has 4 heteroatoms. The number of hydrogen-bond acceptors (Lipinski definition) is 4. The number of benzene rings is 9. The van der Waals surface area contributed by atoms with E-state index < -0.39 is 0 Å². The summed E-state index contributed by atoms with van der Waals surface area (Å²) in [6, 6.07) is 57.4. The molecule has 11 aromatic rings. The standard InChI is InChI=1S/C56H44N2O2/c1-33-7-15-41(16-8-33)57(43-19-11-35(3)37(5)29-43)45-21-25-47-39(31-45)13-23-49-50-27-28-52-53(56(50)60-54(47)49)51-24-14-40-32-46(22-26-48(40)55(51)59-52)58(42-17-9-34(2)10-18-42)44-20-12-36(4)38(6)30-44/h7-32H,1-6H3. The average Bonchev–Trinajstić information content (AvgIpc) is 3.84. The van der Waals surface area contributed by atoms with E-state index in [-0.39, 0.29) is 0 Å². The summed E-state index contributed by atoms with van der Waals surface area (Å²) in [5, 5.41) is 8.62. The van der Waals surface area contributed by atoms with Crippen LogP contribution < -0.4 is 9.80 Å². The van der Waals surface area contributed by atoms with Crippen molar-refractivity contribution >= 4 is 99.5 Å². The van der Waals surface area contributed by atoms with Crippen LogP contribution in [0.1, 0.15) is 33.4 Å². The summed E-state index contributed by atoms with van der Waals surface area (Å²) in [4.78, 5) is 4.68. The Hall–Kier alpha value is -7.30. The number of anilines is 6. The predicted octanol–water partition coefficient (Wildman–Crippen LogP) is 16.6. The van der Waals surface area contributed by atoms with Gasteiger partial charge in [0.25, 0.3) is 0 Å². The highest BCUT2D eigenvalue weighted by Crippen LogP contribution is 2.45. The molecule has 2 heterocycles. The van der Waals surface area contributed by atoms with E-state index in [4.69, 9.17) is 8.83 Å². The van der Waals surface area contributed by atoms with E-state index in [1.54, 1.807) is 0 Å². The number of fused-ring (bicyclic) bond motifs is 11. The van der Waals surface area contributed by atoms with Crippen LogP contribution in [0.15, 0.2) is 167 Å². The van der Waals surface area contributed by atoms with Gasteiger partial charge in [0, 0.05) is 61.1 Å². The molecule has 0 bridgehead atoms. The Kier molecular flexibility index (Phi) is 8.15. The van der Waals surface area contributed by atoms with Gasteiger partial charge in [-0.15, -0.1) is 0 Å². The molecule has 0 saturated heterocycles. The second kappa shape index (κ2) is 13.6. The first kappa shape index (κ1) is 35.8. The van der Waals surface area contributed by atoms with Crippen LogP contribution >= 0.6 is 0 Å². The van der Waals surface area contributed by atoms with Gasteiger partial charge in [-0.05, 0) is 184 Å². The zero-order valence-electron chi connectivity index (χ0n) is 34.7. The van der Waals surface area contributed by atoms with Crippen molar-refractivity contribution in [2.75, 3.05) is 9.80 Å². The van der Waals surface area contributed by atoms with Crippen LogP contribution in [-0.4, -0.2) is 0 Å². The van der Waals surface area contributed by atoms with Crippen molar-refractivity contribution < 1.29 is 8.83 Å². The lowest BCUT2D eigenvalue weighted by Crippen LogP contribution is -2.10. The van der Waals surface area contributed by atoms with E-state index >= 15 is 0 Å². The van der Waals surface area contributed by atoms with Crippen molar-refractivity contribution in [1.29, 1.82) is 0 Å². The molecule has 0 aliphatic rings. The fourth-order valence-electron chi connectivity index (χ4n) is 8.93. The smallest absolute Gasteiger partial charge is 0.147 e. The monoisotopic (exact) mass is 776 g/mol. The summed E-state index contributed by atoms with van der Waals surface area (Å²) in [5.74, 6) is 0. The van der Waals surface area contributed by atoms with Gasteiger partial charge in [-0.2, -0.15) is 0 Å². The summed E-state index contributed by atoms with van der Waals surface area (Å²) < 4.78 is 13.7. The number of aryl methyl sites for hydroxylation is 6. The highest BCUT2D eigenvalue weighted by atomic mass is 16.3. The summed E-state index contributed by atoms with van der Waals surface area (Å²) in [6.07, 6.45) is 0. The van der Waals surface area contributed by atoms with Crippen LogP contribution in [0.4, 0.5) is 34.1 Å². The molecule has 0 aliphatic carbocycles. The molecule has 290 valence electrons. The molecule has 60 heavy (non-hydrogen) atoms. The first-order chi connectivity index (χ1) is 29.2. The Morgan fingerprint density at radius 2 is 0.700 bits per heavy atom. The van der Waals surface area contributed by atoms with Crippen molar-refractivity contribution in [3.8, 4) is 0 Å². The highest BCUT2D eigenvalue weighted by Gasteiger charge is 2.21. The van der Waals surface area contributed by atoms with Gasteiger partial charge in [0.2, 0.25) is 0 Å².